The Morgan fingerprint density at radius 3 is 2.05 bits per heavy atom. The van der Waals surface area contributed by atoms with Crippen molar-refractivity contribution in [1.82, 2.24) is 9.91 Å². The minimum atomic E-state index is -3.96. The maximum atomic E-state index is 13.3. The molecule has 0 radical (unpaired) electrons. The fraction of sp³-hybridized carbons (Fsp3) is 0.231. The van der Waals surface area contributed by atoms with Crippen LogP contribution < -0.4 is 5.14 Å². The second-order valence-corrected chi connectivity index (χ2v) is 11.8. The number of hydrogen-bond acceptors (Lipinski definition) is 5. The molecule has 0 amide bonds. The van der Waals surface area contributed by atoms with Crippen molar-refractivity contribution in [3.8, 4) is 0 Å². The fourth-order valence-electron chi connectivity index (χ4n) is 4.41. The average Bonchev–Trinajstić information content (AvgIpc) is 3.59. The van der Waals surface area contributed by atoms with E-state index in [1.807, 2.05) is 47.4 Å². The molecule has 0 bridgehead atoms. The Hall–Kier alpha value is -2.80. The summed E-state index contributed by atoms with van der Waals surface area (Å²) in [6.45, 7) is 1.94. The molecule has 2 aliphatic heterocycles. The van der Waals surface area contributed by atoms with E-state index in [1.165, 1.54) is 12.1 Å². The highest BCUT2D eigenvalue weighted by atomic mass is 35.5. The Labute approximate surface area is 240 Å². The van der Waals surface area contributed by atoms with E-state index in [0.29, 0.717) is 22.5 Å². The van der Waals surface area contributed by atoms with Gasteiger partial charge in [-0.1, -0.05) is 65.7 Å². The molecular weight excluding hydrogens is 581 g/mol. The van der Waals surface area contributed by atoms with Crippen molar-refractivity contribution >= 4 is 56.2 Å². The van der Waals surface area contributed by atoms with Gasteiger partial charge in [0.05, 0.1) is 17.2 Å². The first-order chi connectivity index (χ1) is 18.6. The van der Waals surface area contributed by atoms with Crippen LogP contribution in [0.1, 0.15) is 29.9 Å². The molecule has 0 aliphatic carbocycles. The van der Waals surface area contributed by atoms with Gasteiger partial charge in [0.1, 0.15) is 0 Å². The summed E-state index contributed by atoms with van der Waals surface area (Å²) in [6, 6.07) is 23.7. The van der Waals surface area contributed by atoms with Gasteiger partial charge in [0.25, 0.3) is 10.0 Å². The van der Waals surface area contributed by atoms with Gasteiger partial charge < -0.3 is 9.45 Å². The van der Waals surface area contributed by atoms with Crippen LogP contribution in [0, 0.1) is 0 Å². The highest BCUT2D eigenvalue weighted by molar-refractivity contribution is 7.90. The molecule has 0 spiro atoms. The lowest BCUT2D eigenvalue weighted by Gasteiger charge is -2.26. The summed E-state index contributed by atoms with van der Waals surface area (Å²) in [5.41, 5.74) is 2.89. The molecule has 0 aromatic heterocycles. The van der Waals surface area contributed by atoms with Crippen LogP contribution in [0.4, 0.5) is 0 Å². The van der Waals surface area contributed by atoms with E-state index in [4.69, 9.17) is 37.1 Å². The van der Waals surface area contributed by atoms with Crippen LogP contribution in [0.5, 0.6) is 0 Å². The molecule has 9 nitrogen and oxygen atoms in total. The highest BCUT2D eigenvalue weighted by Gasteiger charge is 2.35. The van der Waals surface area contributed by atoms with Gasteiger partial charge in [0.15, 0.2) is 0 Å². The van der Waals surface area contributed by atoms with Crippen LogP contribution in [-0.2, 0) is 21.3 Å². The second-order valence-electron chi connectivity index (χ2n) is 8.81. The number of guanidine groups is 1. The summed E-state index contributed by atoms with van der Waals surface area (Å²) >= 11 is 9.73. The van der Waals surface area contributed by atoms with Crippen molar-refractivity contribution in [2.24, 2.45) is 14.6 Å². The van der Waals surface area contributed by atoms with Gasteiger partial charge in [-0.2, -0.15) is 13.5 Å². The number of sulfonamides is 1. The smallest absolute Gasteiger partial charge is 0.285 e. The highest BCUT2D eigenvalue weighted by Crippen LogP contribution is 2.31. The summed E-state index contributed by atoms with van der Waals surface area (Å²) in [4.78, 5) is 2.10. The zero-order valence-electron chi connectivity index (χ0n) is 20.7. The molecule has 0 saturated carbocycles. The molecule has 3 aromatic rings. The SMILES string of the molecule is NS(=O)[O-].O=S(=O)(/N=C(/N1CCCC1)N1CC(c2ccccc2)C(c2ccc(Cl)cc2)=N1)c1ccc(Cl)cc1. The topological polar surface area (TPSA) is 131 Å². The maximum Gasteiger partial charge on any atom is 0.285 e. The lowest BCUT2D eigenvalue weighted by atomic mass is 9.91. The van der Waals surface area contributed by atoms with E-state index < -0.39 is 21.3 Å². The molecule has 5 rings (SSSR count). The molecule has 2 atom stereocenters. The summed E-state index contributed by atoms with van der Waals surface area (Å²) in [5, 5.41) is 11.8. The van der Waals surface area contributed by atoms with Crippen LogP contribution in [0.15, 0.2) is 93.3 Å². The number of rotatable bonds is 4. The normalized spacial score (nSPS) is 18.4. The van der Waals surface area contributed by atoms with Crippen LogP contribution in [0.2, 0.25) is 10.0 Å². The minimum absolute atomic E-state index is 0.0524. The Bertz CT molecular complexity index is 1460. The molecule has 13 heteroatoms. The standard InChI is InChI=1S/C26H24Cl2N4O2S.H3NO2S/c27-21-10-8-20(9-11-21)25-24(19-6-2-1-3-7-19)18-32(29-25)26(31-16-4-5-17-31)30-35(33,34)23-14-12-22(28)13-15-23;1-4(2)3/h1-3,6-15,24H,4-5,16-18H2;1H2,(H,2,3)/p-1/b30-26-;. The third-order valence-electron chi connectivity index (χ3n) is 6.19. The Morgan fingerprint density at radius 2 is 1.49 bits per heavy atom. The predicted molar refractivity (Wildman–Crippen MR) is 154 cm³/mol. The van der Waals surface area contributed by atoms with E-state index in [-0.39, 0.29) is 10.8 Å². The Balaban J connectivity index is 0.000000826. The third kappa shape index (κ3) is 7.65. The first-order valence-corrected chi connectivity index (χ1v) is 15.3. The molecular formula is C26H26Cl2N5O4S2-. The second kappa shape index (κ2) is 13.0. The quantitative estimate of drug-likeness (QED) is 0.266. The van der Waals surface area contributed by atoms with Crippen molar-refractivity contribution in [3.05, 3.63) is 100 Å². The number of hydrazone groups is 1. The zero-order chi connectivity index (χ0) is 28.0. The lowest BCUT2D eigenvalue weighted by molar-refractivity contribution is 0.376. The van der Waals surface area contributed by atoms with Gasteiger partial charge in [-0.15, -0.1) is 4.40 Å². The van der Waals surface area contributed by atoms with Crippen molar-refractivity contribution in [2.75, 3.05) is 19.6 Å². The molecule has 39 heavy (non-hydrogen) atoms. The van der Waals surface area contributed by atoms with Crippen molar-refractivity contribution < 1.29 is 17.2 Å². The number of likely N-dealkylation sites (tertiary alicyclic amines) is 1. The molecule has 1 fully saturated rings. The largest absolute Gasteiger partial charge is 0.760 e. The summed E-state index contributed by atoms with van der Waals surface area (Å²) in [6.07, 6.45) is 1.95. The molecule has 1 saturated heterocycles. The van der Waals surface area contributed by atoms with Gasteiger partial charge in [-0.25, -0.2) is 5.01 Å². The minimum Gasteiger partial charge on any atom is -0.760 e. The van der Waals surface area contributed by atoms with Crippen LogP contribution >= 0.6 is 23.2 Å². The molecule has 2 unspecified atom stereocenters. The van der Waals surface area contributed by atoms with E-state index in [9.17, 15) is 8.42 Å². The number of nitrogens with zero attached hydrogens (tertiary/aromatic N) is 4. The third-order valence-corrected chi connectivity index (χ3v) is 7.96. The monoisotopic (exact) mass is 606 g/mol. The summed E-state index contributed by atoms with van der Waals surface area (Å²) in [5.74, 6) is 0.297. The fourth-order valence-corrected chi connectivity index (χ4v) is 5.67. The first kappa shape index (κ1) is 29.2. The van der Waals surface area contributed by atoms with Gasteiger partial charge in [-0.05, 0) is 60.4 Å². The Kier molecular flexibility index (Phi) is 9.76. The Morgan fingerprint density at radius 1 is 0.949 bits per heavy atom. The van der Waals surface area contributed by atoms with Crippen LogP contribution in [0.3, 0.4) is 0 Å². The molecule has 2 heterocycles. The van der Waals surface area contributed by atoms with Gasteiger partial charge in [0, 0.05) is 40.3 Å². The molecule has 206 valence electrons. The molecule has 2 N–H and O–H groups in total. The van der Waals surface area contributed by atoms with Crippen molar-refractivity contribution in [3.63, 3.8) is 0 Å². The van der Waals surface area contributed by atoms with Crippen molar-refractivity contribution in [1.29, 1.82) is 0 Å². The zero-order valence-corrected chi connectivity index (χ0v) is 23.8. The maximum absolute atomic E-state index is 13.3. The number of hydrogen-bond donors (Lipinski definition) is 1. The van der Waals surface area contributed by atoms with E-state index in [2.05, 4.69) is 21.7 Å². The first-order valence-electron chi connectivity index (χ1n) is 12.0. The van der Waals surface area contributed by atoms with E-state index in [1.54, 1.807) is 17.1 Å². The van der Waals surface area contributed by atoms with Crippen LogP contribution in [0.25, 0.3) is 0 Å². The van der Waals surface area contributed by atoms with Gasteiger partial charge in [0.2, 0.25) is 5.96 Å². The van der Waals surface area contributed by atoms with E-state index >= 15 is 0 Å². The predicted octanol–water partition coefficient (Wildman–Crippen LogP) is 4.38. The van der Waals surface area contributed by atoms with E-state index in [0.717, 1.165) is 42.8 Å². The molecule has 3 aromatic carbocycles. The average molecular weight is 608 g/mol. The number of benzene rings is 3. The van der Waals surface area contributed by atoms with Gasteiger partial charge >= 0.3 is 0 Å². The number of halogens is 2. The summed E-state index contributed by atoms with van der Waals surface area (Å²) < 4.78 is 48.4. The lowest BCUT2D eigenvalue weighted by Crippen LogP contribution is -2.40. The summed E-state index contributed by atoms with van der Waals surface area (Å²) in [7, 11) is -3.96. The molecule has 2 aliphatic rings. The van der Waals surface area contributed by atoms with Crippen molar-refractivity contribution in [2.45, 2.75) is 23.7 Å². The number of nitrogens with two attached hydrogens (primary N) is 1. The van der Waals surface area contributed by atoms with Gasteiger partial charge in [-0.3, -0.25) is 9.35 Å². The van der Waals surface area contributed by atoms with Crippen LogP contribution in [-0.4, -0.2) is 58.4 Å².